The van der Waals surface area contributed by atoms with Gasteiger partial charge in [-0.05, 0) is 39.7 Å². The smallest absolute Gasteiger partial charge is 0.0167 e. The fraction of sp³-hybridized carbons (Fsp3) is 0.136. The van der Waals surface area contributed by atoms with E-state index in [4.69, 9.17) is 0 Å². The fourth-order valence-electron chi connectivity index (χ4n) is 3.27. The number of pyridine rings is 1. The third kappa shape index (κ3) is 2.88. The molecule has 0 fully saturated rings. The summed E-state index contributed by atoms with van der Waals surface area (Å²) in [5.41, 5.74) is 4.60. The van der Waals surface area contributed by atoms with Crippen molar-refractivity contribution in [2.45, 2.75) is 20.3 Å². The molecule has 2 heteroatoms. The van der Waals surface area contributed by atoms with Gasteiger partial charge in [0.15, 0.2) is 0 Å². The maximum atomic E-state index is 4.67. The summed E-state index contributed by atoms with van der Waals surface area (Å²) in [6.07, 6.45) is 2.93. The van der Waals surface area contributed by atoms with Crippen LogP contribution in [0.5, 0.6) is 0 Å². The van der Waals surface area contributed by atoms with Gasteiger partial charge in [0.1, 0.15) is 0 Å². The number of fused-ring (bicyclic) bond motifs is 3. The molecule has 1 aromatic heterocycles. The number of aryl methyl sites for hydroxylation is 2. The first kappa shape index (κ1) is 16.8. The molecule has 1 heterocycles. The van der Waals surface area contributed by atoms with E-state index in [1.54, 1.807) is 0 Å². The Kier molecular flexibility index (Phi) is 4.80. The standard InChI is InChI=1S/C22H18N.Ir/c1-3-16-12-15(2)13-18(14-16)22-21-9-8-17-6-4-5-7-19(17)20(21)10-11-23-22;/h4-12,14H,3H2,1-2H3;/q-1;. The van der Waals surface area contributed by atoms with E-state index < -0.39 is 0 Å². The van der Waals surface area contributed by atoms with Crippen molar-refractivity contribution in [1.29, 1.82) is 0 Å². The molecule has 0 atom stereocenters. The second-order valence-electron chi connectivity index (χ2n) is 5.98. The summed E-state index contributed by atoms with van der Waals surface area (Å²) in [5, 5.41) is 4.98. The number of aromatic nitrogens is 1. The summed E-state index contributed by atoms with van der Waals surface area (Å²) in [6, 6.07) is 22.9. The molecule has 0 saturated heterocycles. The first-order chi connectivity index (χ1) is 11.3. The molecule has 1 nitrogen and oxygen atoms in total. The predicted molar refractivity (Wildman–Crippen MR) is 97.6 cm³/mol. The molecule has 121 valence electrons. The summed E-state index contributed by atoms with van der Waals surface area (Å²) < 4.78 is 0. The zero-order valence-electron chi connectivity index (χ0n) is 13.8. The van der Waals surface area contributed by atoms with Crippen LogP contribution < -0.4 is 0 Å². The molecule has 0 aliphatic carbocycles. The van der Waals surface area contributed by atoms with Crippen LogP contribution in [0, 0.1) is 13.0 Å². The maximum absolute atomic E-state index is 4.67. The summed E-state index contributed by atoms with van der Waals surface area (Å²) in [5.74, 6) is 0. The Morgan fingerprint density at radius 3 is 2.58 bits per heavy atom. The minimum Gasteiger partial charge on any atom is -0.304 e. The molecule has 4 rings (SSSR count). The molecule has 0 amide bonds. The van der Waals surface area contributed by atoms with Gasteiger partial charge in [-0.25, -0.2) is 0 Å². The van der Waals surface area contributed by atoms with Crippen molar-refractivity contribution in [3.05, 3.63) is 78.0 Å². The molecule has 0 unspecified atom stereocenters. The van der Waals surface area contributed by atoms with E-state index in [0.29, 0.717) is 0 Å². The average molecular weight is 489 g/mol. The second-order valence-corrected chi connectivity index (χ2v) is 5.98. The quantitative estimate of drug-likeness (QED) is 0.260. The van der Waals surface area contributed by atoms with Crippen LogP contribution in [-0.2, 0) is 26.5 Å². The second kappa shape index (κ2) is 6.84. The molecule has 3 aromatic carbocycles. The molecule has 0 spiro atoms. The number of hydrogen-bond donors (Lipinski definition) is 0. The minimum atomic E-state index is 0. The van der Waals surface area contributed by atoms with Gasteiger partial charge in [0.05, 0.1) is 0 Å². The molecule has 0 bridgehead atoms. The van der Waals surface area contributed by atoms with Gasteiger partial charge in [-0.1, -0.05) is 50.2 Å². The van der Waals surface area contributed by atoms with E-state index in [0.717, 1.165) is 17.7 Å². The molecule has 1 radical (unpaired) electrons. The van der Waals surface area contributed by atoms with Gasteiger partial charge < -0.3 is 4.98 Å². The van der Waals surface area contributed by atoms with Crippen LogP contribution in [0.4, 0.5) is 0 Å². The topological polar surface area (TPSA) is 12.9 Å². The molecule has 0 aliphatic rings. The zero-order valence-corrected chi connectivity index (χ0v) is 16.2. The first-order valence-electron chi connectivity index (χ1n) is 8.06. The minimum absolute atomic E-state index is 0. The van der Waals surface area contributed by atoms with Crippen molar-refractivity contribution >= 4 is 21.5 Å². The van der Waals surface area contributed by atoms with Crippen LogP contribution in [0.3, 0.4) is 0 Å². The molecule has 0 N–H and O–H groups in total. The van der Waals surface area contributed by atoms with Crippen LogP contribution in [0.15, 0.2) is 60.8 Å². The largest absolute Gasteiger partial charge is 0.304 e. The van der Waals surface area contributed by atoms with Crippen molar-refractivity contribution in [2.24, 2.45) is 0 Å². The summed E-state index contributed by atoms with van der Waals surface area (Å²) in [7, 11) is 0. The van der Waals surface area contributed by atoms with Gasteiger partial charge in [-0.3, -0.25) is 0 Å². The average Bonchev–Trinajstić information content (AvgIpc) is 2.60. The summed E-state index contributed by atoms with van der Waals surface area (Å²) in [4.78, 5) is 4.67. The van der Waals surface area contributed by atoms with Crippen molar-refractivity contribution in [3.8, 4) is 11.3 Å². The SMILES string of the molecule is CCc1cc(C)[c-]c(-c2nccc3c2ccc2ccccc23)c1.[Ir]. The van der Waals surface area contributed by atoms with Gasteiger partial charge >= 0.3 is 0 Å². The number of nitrogens with zero attached hydrogens (tertiary/aromatic N) is 1. The van der Waals surface area contributed by atoms with E-state index in [1.807, 2.05) is 6.20 Å². The van der Waals surface area contributed by atoms with E-state index >= 15 is 0 Å². The Hall–Kier alpha value is -2.02. The fourth-order valence-corrected chi connectivity index (χ4v) is 3.27. The Bertz CT molecular complexity index is 1020. The molecular weight excluding hydrogens is 470 g/mol. The van der Waals surface area contributed by atoms with Gasteiger partial charge in [-0.2, -0.15) is 0 Å². The zero-order chi connectivity index (χ0) is 15.8. The van der Waals surface area contributed by atoms with Crippen LogP contribution in [0.25, 0.3) is 32.8 Å². The molecular formula is C22H18IrN-. The summed E-state index contributed by atoms with van der Waals surface area (Å²) >= 11 is 0. The van der Waals surface area contributed by atoms with Crippen LogP contribution in [-0.4, -0.2) is 4.98 Å². The van der Waals surface area contributed by atoms with Crippen molar-refractivity contribution < 1.29 is 20.1 Å². The summed E-state index contributed by atoms with van der Waals surface area (Å²) in [6.45, 7) is 4.28. The third-order valence-electron chi connectivity index (χ3n) is 4.40. The molecule has 0 saturated carbocycles. The third-order valence-corrected chi connectivity index (χ3v) is 4.40. The van der Waals surface area contributed by atoms with Crippen LogP contribution >= 0.6 is 0 Å². The van der Waals surface area contributed by atoms with Crippen molar-refractivity contribution in [2.75, 3.05) is 0 Å². The Balaban J connectivity index is 0.00000169. The molecule has 4 aromatic rings. The van der Waals surface area contributed by atoms with Gasteiger partial charge in [-0.15, -0.1) is 34.9 Å². The normalized spacial score (nSPS) is 10.8. The number of benzene rings is 3. The molecule has 0 aliphatic heterocycles. The van der Waals surface area contributed by atoms with E-state index in [-0.39, 0.29) is 20.1 Å². The van der Waals surface area contributed by atoms with Crippen LogP contribution in [0.1, 0.15) is 18.1 Å². The number of rotatable bonds is 2. The predicted octanol–water partition coefficient (Wildman–Crippen LogP) is 5.72. The Morgan fingerprint density at radius 2 is 1.75 bits per heavy atom. The van der Waals surface area contributed by atoms with Gasteiger partial charge in [0.2, 0.25) is 0 Å². The number of hydrogen-bond acceptors (Lipinski definition) is 1. The van der Waals surface area contributed by atoms with Gasteiger partial charge in [0.25, 0.3) is 0 Å². The molecule has 24 heavy (non-hydrogen) atoms. The van der Waals surface area contributed by atoms with E-state index in [2.05, 4.69) is 79.5 Å². The van der Waals surface area contributed by atoms with Crippen molar-refractivity contribution in [3.63, 3.8) is 0 Å². The first-order valence-corrected chi connectivity index (χ1v) is 8.06. The Morgan fingerprint density at radius 1 is 0.917 bits per heavy atom. The van der Waals surface area contributed by atoms with Gasteiger partial charge in [0, 0.05) is 26.3 Å². The van der Waals surface area contributed by atoms with Crippen molar-refractivity contribution in [1.82, 2.24) is 4.98 Å². The van der Waals surface area contributed by atoms with E-state index in [9.17, 15) is 0 Å². The monoisotopic (exact) mass is 489 g/mol. The maximum Gasteiger partial charge on any atom is 0.0167 e. The van der Waals surface area contributed by atoms with Crippen LogP contribution in [0.2, 0.25) is 0 Å². The Labute approximate surface area is 156 Å². The van der Waals surface area contributed by atoms with E-state index in [1.165, 1.54) is 32.7 Å².